The second kappa shape index (κ2) is 8.70. The van der Waals surface area contributed by atoms with Crippen molar-refractivity contribution >= 4 is 34.7 Å². The van der Waals surface area contributed by atoms with Crippen LogP contribution in [-0.2, 0) is 15.1 Å². The molecule has 0 spiro atoms. The average molecular weight is 497 g/mol. The monoisotopic (exact) mass is 496 g/mol. The summed E-state index contributed by atoms with van der Waals surface area (Å²) in [6.45, 7) is 3.70. The molecule has 8 nitrogen and oxygen atoms in total. The number of aromatic nitrogens is 2. The molecule has 180 valence electrons. The van der Waals surface area contributed by atoms with E-state index in [2.05, 4.69) is 15.0 Å². The molecular weight excluding hydrogens is 474 g/mol. The molecule has 1 saturated carbocycles. The van der Waals surface area contributed by atoms with Crippen LogP contribution in [0, 0.1) is 23.2 Å². The Bertz CT molecular complexity index is 1290. The summed E-state index contributed by atoms with van der Waals surface area (Å²) in [6.07, 6.45) is 4.18. The van der Waals surface area contributed by atoms with Gasteiger partial charge in [-0.05, 0) is 43.2 Å². The van der Waals surface area contributed by atoms with Crippen molar-refractivity contribution in [2.45, 2.75) is 23.6 Å². The van der Waals surface area contributed by atoms with Crippen molar-refractivity contribution < 1.29 is 18.3 Å². The Hall–Kier alpha value is -3.36. The number of hydrogen-bond acceptors (Lipinski definition) is 8. The fourth-order valence-electron chi connectivity index (χ4n) is 4.81. The van der Waals surface area contributed by atoms with Gasteiger partial charge in [0.25, 0.3) is 0 Å². The van der Waals surface area contributed by atoms with Gasteiger partial charge in [-0.15, -0.1) is 0 Å². The zero-order valence-electron chi connectivity index (χ0n) is 18.9. The van der Waals surface area contributed by atoms with Gasteiger partial charge in [0.05, 0.1) is 30.0 Å². The van der Waals surface area contributed by atoms with Crippen LogP contribution in [0.4, 0.5) is 8.78 Å². The third-order valence-corrected chi connectivity index (χ3v) is 8.00. The predicted octanol–water partition coefficient (Wildman–Crippen LogP) is 2.85. The van der Waals surface area contributed by atoms with Gasteiger partial charge >= 0.3 is 0 Å². The van der Waals surface area contributed by atoms with Crippen LogP contribution in [0.3, 0.4) is 0 Å². The molecule has 0 radical (unpaired) electrons. The maximum atomic E-state index is 15.0. The Morgan fingerprint density at radius 2 is 2.11 bits per heavy atom. The third kappa shape index (κ3) is 4.06. The second-order valence-corrected chi connectivity index (χ2v) is 10.2. The summed E-state index contributed by atoms with van der Waals surface area (Å²) < 4.78 is 34.4. The number of ether oxygens (including phenoxy) is 1. The van der Waals surface area contributed by atoms with E-state index in [1.165, 1.54) is 48.4 Å². The summed E-state index contributed by atoms with van der Waals surface area (Å²) in [5, 5.41) is 9.09. The average Bonchev–Trinajstić information content (AvgIpc) is 3.62. The fraction of sp³-hybridized carbons (Fsp3) is 0.375. The lowest BCUT2D eigenvalue weighted by atomic mass is 9.86. The van der Waals surface area contributed by atoms with Crippen molar-refractivity contribution in [2.24, 2.45) is 16.6 Å². The van der Waals surface area contributed by atoms with Gasteiger partial charge in [0.1, 0.15) is 16.6 Å². The smallest absolute Gasteiger partial charge is 0.239 e. The third-order valence-electron chi connectivity index (χ3n) is 6.71. The number of halogens is 2. The molecule has 35 heavy (non-hydrogen) atoms. The number of nitrogens with two attached hydrogens (primary N) is 1. The van der Waals surface area contributed by atoms with Gasteiger partial charge in [0.2, 0.25) is 11.9 Å². The van der Waals surface area contributed by atoms with Crippen LogP contribution in [0.15, 0.2) is 35.6 Å². The zero-order valence-corrected chi connectivity index (χ0v) is 19.7. The number of pyridine rings is 2. The lowest BCUT2D eigenvalue weighted by Crippen LogP contribution is -2.49. The molecule has 3 atom stereocenters. The number of aliphatic imine (C=N–C) groups is 1. The molecule has 0 unspecified atom stereocenters. The molecule has 2 aromatic rings. The Balaban J connectivity index is 1.47. The zero-order chi connectivity index (χ0) is 24.8. The standard InChI is InChI=1S/C24H22F2N6O2S/c1-23(19-10-24(19,35-22(28)31-23)21(33)32-4-6-34-7-5-32)16-8-15(13-30-20(16)26)9-17(25)18-3-2-14(11-27)12-29-18/h2-3,8-9,12-13,19H,4-7,10H2,1H3,(H2,28,31)/b17-9-/t19-,23+,24-/m0/s1. The SMILES string of the molecule is C[C@]1(c2cc(/C=C(\F)c3ccc(C#N)cn3)cnc2F)N=C(N)S[C@@]2(C(=O)N3CCOCC3)C[C@H]21. The number of carbonyl (C=O) groups excluding carboxylic acids is 1. The second-order valence-electron chi connectivity index (χ2n) is 8.89. The van der Waals surface area contributed by atoms with E-state index < -0.39 is 22.1 Å². The molecule has 2 fully saturated rings. The Morgan fingerprint density at radius 1 is 1.34 bits per heavy atom. The summed E-state index contributed by atoms with van der Waals surface area (Å²) in [6, 6.07) is 6.26. The van der Waals surface area contributed by atoms with Crippen molar-refractivity contribution in [2.75, 3.05) is 26.3 Å². The first-order valence-corrected chi connectivity index (χ1v) is 11.9. The number of nitrogens with zero attached hydrogens (tertiary/aromatic N) is 5. The molecule has 2 aromatic heterocycles. The number of carbonyl (C=O) groups is 1. The van der Waals surface area contributed by atoms with E-state index in [4.69, 9.17) is 15.7 Å². The van der Waals surface area contributed by atoms with E-state index >= 15 is 4.39 Å². The normalized spacial score (nSPS) is 28.1. The summed E-state index contributed by atoms with van der Waals surface area (Å²) in [5.41, 5.74) is 5.83. The van der Waals surface area contributed by atoms with Crippen molar-refractivity contribution in [3.05, 3.63) is 58.9 Å². The highest BCUT2D eigenvalue weighted by molar-refractivity contribution is 8.15. The number of fused-ring (bicyclic) bond motifs is 1. The van der Waals surface area contributed by atoms with Gasteiger partial charge in [-0.1, -0.05) is 11.8 Å². The van der Waals surface area contributed by atoms with E-state index in [0.717, 1.165) is 0 Å². The maximum Gasteiger partial charge on any atom is 0.239 e. The maximum absolute atomic E-state index is 15.0. The van der Waals surface area contributed by atoms with Crippen LogP contribution >= 0.6 is 11.8 Å². The molecular formula is C24H22F2N6O2S. The molecule has 0 aromatic carbocycles. The van der Waals surface area contributed by atoms with Crippen molar-refractivity contribution in [3.63, 3.8) is 0 Å². The van der Waals surface area contributed by atoms with Crippen LogP contribution in [0.1, 0.15) is 35.7 Å². The molecule has 2 N–H and O–H groups in total. The van der Waals surface area contributed by atoms with E-state index in [0.29, 0.717) is 43.9 Å². The Labute approximate surface area is 204 Å². The Morgan fingerprint density at radius 3 is 2.80 bits per heavy atom. The van der Waals surface area contributed by atoms with Gasteiger partial charge in [-0.2, -0.15) is 9.65 Å². The molecule has 3 aliphatic rings. The van der Waals surface area contributed by atoms with E-state index in [9.17, 15) is 9.18 Å². The minimum absolute atomic E-state index is 0.0368. The van der Waals surface area contributed by atoms with Crippen molar-refractivity contribution in [1.29, 1.82) is 5.26 Å². The molecule has 11 heteroatoms. The van der Waals surface area contributed by atoms with E-state index in [1.807, 2.05) is 6.07 Å². The van der Waals surface area contributed by atoms with Crippen LogP contribution in [0.5, 0.6) is 0 Å². The van der Waals surface area contributed by atoms with Crippen LogP contribution in [0.2, 0.25) is 0 Å². The lowest BCUT2D eigenvalue weighted by molar-refractivity contribution is -0.135. The highest BCUT2D eigenvalue weighted by Gasteiger charge is 2.71. The van der Waals surface area contributed by atoms with Gasteiger partial charge in [-0.3, -0.25) is 14.8 Å². The number of amides is 1. The number of amidine groups is 1. The number of morpholine rings is 1. The predicted molar refractivity (Wildman–Crippen MR) is 127 cm³/mol. The number of nitriles is 1. The van der Waals surface area contributed by atoms with Gasteiger partial charge in [0.15, 0.2) is 5.17 Å². The van der Waals surface area contributed by atoms with Crippen molar-refractivity contribution in [1.82, 2.24) is 14.9 Å². The number of hydrogen-bond donors (Lipinski definition) is 1. The molecule has 1 amide bonds. The van der Waals surface area contributed by atoms with E-state index in [-0.39, 0.29) is 28.3 Å². The topological polar surface area (TPSA) is 117 Å². The van der Waals surface area contributed by atoms with Gasteiger partial charge in [0, 0.05) is 37.0 Å². The van der Waals surface area contributed by atoms with E-state index in [1.54, 1.807) is 11.8 Å². The first-order valence-electron chi connectivity index (χ1n) is 11.1. The van der Waals surface area contributed by atoms with Crippen LogP contribution < -0.4 is 5.73 Å². The first-order chi connectivity index (χ1) is 16.8. The summed E-state index contributed by atoms with van der Waals surface area (Å²) in [5.74, 6) is -1.74. The molecule has 4 heterocycles. The minimum Gasteiger partial charge on any atom is -0.378 e. The quantitative estimate of drug-likeness (QED) is 0.647. The highest BCUT2D eigenvalue weighted by Crippen LogP contribution is 2.66. The van der Waals surface area contributed by atoms with Crippen LogP contribution in [-0.4, -0.2) is 57.0 Å². The summed E-state index contributed by atoms with van der Waals surface area (Å²) >= 11 is 1.23. The molecule has 1 aliphatic carbocycles. The molecule has 2 aliphatic heterocycles. The number of thioether (sulfide) groups is 1. The molecule has 1 saturated heterocycles. The first kappa shape index (κ1) is 23.4. The summed E-state index contributed by atoms with van der Waals surface area (Å²) in [7, 11) is 0. The fourth-order valence-corrected chi connectivity index (χ4v) is 6.25. The van der Waals surface area contributed by atoms with Crippen LogP contribution in [0.25, 0.3) is 11.9 Å². The lowest BCUT2D eigenvalue weighted by Gasteiger charge is -2.36. The minimum atomic E-state index is -1.14. The largest absolute Gasteiger partial charge is 0.378 e. The molecule has 0 bridgehead atoms. The summed E-state index contributed by atoms with van der Waals surface area (Å²) in [4.78, 5) is 27.5. The molecule has 5 rings (SSSR count). The van der Waals surface area contributed by atoms with Gasteiger partial charge < -0.3 is 15.4 Å². The Kier molecular flexibility index (Phi) is 5.81. The highest BCUT2D eigenvalue weighted by atomic mass is 32.2. The number of rotatable bonds is 4. The van der Waals surface area contributed by atoms with Gasteiger partial charge in [-0.25, -0.2) is 9.37 Å². The van der Waals surface area contributed by atoms with Crippen molar-refractivity contribution in [3.8, 4) is 6.07 Å².